The molecule has 1 aliphatic rings. The molecule has 0 radical (unpaired) electrons. The molecule has 4 nitrogen and oxygen atoms in total. The number of carbonyl (C=O) groups is 2. The molecule has 2 rings (SSSR count). The van der Waals surface area contributed by atoms with Gasteiger partial charge in [0.15, 0.2) is 0 Å². The third kappa shape index (κ3) is 3.34. The Morgan fingerprint density at radius 3 is 2.72 bits per heavy atom. The maximum absolute atomic E-state index is 11.8. The zero-order valence-electron chi connectivity index (χ0n) is 9.73. The molecule has 94 valence electrons. The lowest BCUT2D eigenvalue weighted by Gasteiger charge is -2.25. The predicted molar refractivity (Wildman–Crippen MR) is 70.1 cm³/mol. The number of nitrogens with one attached hydrogen (secondary N) is 1. The van der Waals surface area contributed by atoms with E-state index in [1.165, 1.54) is 11.0 Å². The first kappa shape index (κ1) is 12.6. The van der Waals surface area contributed by atoms with Crippen LogP contribution in [0.25, 0.3) is 6.08 Å². The summed E-state index contributed by atoms with van der Waals surface area (Å²) >= 11 is 5.77. The Morgan fingerprint density at radius 2 is 2.06 bits per heavy atom. The Kier molecular flexibility index (Phi) is 3.99. The fraction of sp³-hybridized carbons (Fsp3) is 0.231. The van der Waals surface area contributed by atoms with Gasteiger partial charge in [-0.1, -0.05) is 23.7 Å². The van der Waals surface area contributed by atoms with Gasteiger partial charge in [0.25, 0.3) is 0 Å². The van der Waals surface area contributed by atoms with E-state index in [-0.39, 0.29) is 18.4 Å². The quantitative estimate of drug-likeness (QED) is 0.819. The number of amides is 2. The van der Waals surface area contributed by atoms with Gasteiger partial charge in [0, 0.05) is 24.2 Å². The smallest absolute Gasteiger partial charge is 0.247 e. The van der Waals surface area contributed by atoms with E-state index >= 15 is 0 Å². The normalized spacial score (nSPS) is 15.8. The highest BCUT2D eigenvalue weighted by Crippen LogP contribution is 2.10. The lowest BCUT2D eigenvalue weighted by Crippen LogP contribution is -2.49. The number of nitrogens with zero attached hydrogens (tertiary/aromatic N) is 1. The Hall–Kier alpha value is -1.81. The molecule has 18 heavy (non-hydrogen) atoms. The van der Waals surface area contributed by atoms with Crippen LogP contribution in [0.5, 0.6) is 0 Å². The second kappa shape index (κ2) is 5.69. The standard InChI is InChI=1S/C13H13ClN2O2/c14-11-4-1-10(2-5-11)3-6-13(18)16-8-7-15-12(17)9-16/h1-6H,7-9H2,(H,15,17)/b6-3+. The lowest BCUT2D eigenvalue weighted by atomic mass is 10.2. The summed E-state index contributed by atoms with van der Waals surface area (Å²) in [7, 11) is 0. The Balaban J connectivity index is 1.98. The van der Waals surface area contributed by atoms with E-state index in [9.17, 15) is 9.59 Å². The summed E-state index contributed by atoms with van der Waals surface area (Å²) in [5, 5.41) is 3.33. The second-order valence-corrected chi connectivity index (χ2v) is 4.43. The predicted octanol–water partition coefficient (Wildman–Crippen LogP) is 1.31. The van der Waals surface area contributed by atoms with Crippen LogP contribution in [0.2, 0.25) is 5.02 Å². The molecule has 0 unspecified atom stereocenters. The van der Waals surface area contributed by atoms with E-state index in [2.05, 4.69) is 5.32 Å². The van der Waals surface area contributed by atoms with Crippen molar-refractivity contribution in [3.05, 3.63) is 40.9 Å². The Morgan fingerprint density at radius 1 is 1.33 bits per heavy atom. The highest BCUT2D eigenvalue weighted by molar-refractivity contribution is 6.30. The monoisotopic (exact) mass is 264 g/mol. The van der Waals surface area contributed by atoms with Crippen molar-refractivity contribution in [1.82, 2.24) is 10.2 Å². The lowest BCUT2D eigenvalue weighted by molar-refractivity contribution is -0.134. The summed E-state index contributed by atoms with van der Waals surface area (Å²) in [6.45, 7) is 1.19. The van der Waals surface area contributed by atoms with E-state index in [0.29, 0.717) is 18.1 Å². The van der Waals surface area contributed by atoms with Crippen molar-refractivity contribution in [2.24, 2.45) is 0 Å². The highest BCUT2D eigenvalue weighted by Gasteiger charge is 2.18. The van der Waals surface area contributed by atoms with Crippen molar-refractivity contribution in [3.8, 4) is 0 Å². The van der Waals surface area contributed by atoms with Gasteiger partial charge in [-0.05, 0) is 23.8 Å². The summed E-state index contributed by atoms with van der Waals surface area (Å²) in [6.07, 6.45) is 3.19. The molecule has 0 atom stereocenters. The van der Waals surface area contributed by atoms with Crippen molar-refractivity contribution in [2.45, 2.75) is 0 Å². The molecule has 0 spiro atoms. The number of hydrogen-bond acceptors (Lipinski definition) is 2. The van der Waals surface area contributed by atoms with Gasteiger partial charge in [-0.25, -0.2) is 0 Å². The van der Waals surface area contributed by atoms with Crippen LogP contribution in [0.3, 0.4) is 0 Å². The van der Waals surface area contributed by atoms with Crippen LogP contribution in [0.15, 0.2) is 30.3 Å². The van der Waals surface area contributed by atoms with Gasteiger partial charge in [-0.2, -0.15) is 0 Å². The molecule has 1 heterocycles. The van der Waals surface area contributed by atoms with Crippen LogP contribution >= 0.6 is 11.6 Å². The molecule has 0 aliphatic carbocycles. The molecule has 1 aromatic rings. The zero-order chi connectivity index (χ0) is 13.0. The molecule has 1 aromatic carbocycles. The largest absolute Gasteiger partial charge is 0.353 e. The summed E-state index contributed by atoms with van der Waals surface area (Å²) < 4.78 is 0. The number of piperazine rings is 1. The number of benzene rings is 1. The first-order valence-electron chi connectivity index (χ1n) is 5.64. The molecule has 2 amide bonds. The first-order valence-corrected chi connectivity index (χ1v) is 6.02. The fourth-order valence-electron chi connectivity index (χ4n) is 1.67. The molecule has 1 saturated heterocycles. The van der Waals surface area contributed by atoms with Crippen LogP contribution in [-0.2, 0) is 9.59 Å². The third-order valence-electron chi connectivity index (χ3n) is 2.64. The van der Waals surface area contributed by atoms with Crippen molar-refractivity contribution in [2.75, 3.05) is 19.6 Å². The maximum Gasteiger partial charge on any atom is 0.247 e. The van der Waals surface area contributed by atoms with Crippen molar-refractivity contribution >= 4 is 29.5 Å². The molecule has 1 N–H and O–H groups in total. The topological polar surface area (TPSA) is 49.4 Å². The van der Waals surface area contributed by atoms with Gasteiger partial charge in [-0.3, -0.25) is 9.59 Å². The van der Waals surface area contributed by atoms with E-state index in [0.717, 1.165) is 5.56 Å². The van der Waals surface area contributed by atoms with Crippen LogP contribution in [-0.4, -0.2) is 36.3 Å². The molecule has 0 saturated carbocycles. The summed E-state index contributed by atoms with van der Waals surface area (Å²) in [5.41, 5.74) is 0.897. The van der Waals surface area contributed by atoms with Crippen LogP contribution < -0.4 is 5.32 Å². The Labute approximate surface area is 110 Å². The minimum absolute atomic E-state index is 0.116. The Bertz CT molecular complexity index is 482. The SMILES string of the molecule is O=C1CN(C(=O)/C=C/c2ccc(Cl)cc2)CCN1. The third-order valence-corrected chi connectivity index (χ3v) is 2.89. The summed E-state index contributed by atoms with van der Waals surface area (Å²) in [5.74, 6) is -0.269. The molecule has 5 heteroatoms. The average molecular weight is 265 g/mol. The van der Waals surface area contributed by atoms with E-state index < -0.39 is 0 Å². The molecule has 1 aliphatic heterocycles. The molecule has 0 aromatic heterocycles. The second-order valence-electron chi connectivity index (χ2n) is 3.99. The highest BCUT2D eigenvalue weighted by atomic mass is 35.5. The number of hydrogen-bond donors (Lipinski definition) is 1. The number of halogens is 1. The molecule has 1 fully saturated rings. The minimum Gasteiger partial charge on any atom is -0.353 e. The van der Waals surface area contributed by atoms with Crippen molar-refractivity contribution < 1.29 is 9.59 Å². The van der Waals surface area contributed by atoms with E-state index in [1.54, 1.807) is 18.2 Å². The van der Waals surface area contributed by atoms with Crippen LogP contribution in [0, 0.1) is 0 Å². The van der Waals surface area contributed by atoms with Gasteiger partial charge in [-0.15, -0.1) is 0 Å². The minimum atomic E-state index is -0.153. The number of carbonyl (C=O) groups excluding carboxylic acids is 2. The zero-order valence-corrected chi connectivity index (χ0v) is 10.5. The van der Waals surface area contributed by atoms with E-state index in [4.69, 9.17) is 11.6 Å². The van der Waals surface area contributed by atoms with Crippen LogP contribution in [0.4, 0.5) is 0 Å². The number of rotatable bonds is 2. The van der Waals surface area contributed by atoms with Gasteiger partial charge >= 0.3 is 0 Å². The molecular formula is C13H13ClN2O2. The fourth-order valence-corrected chi connectivity index (χ4v) is 1.80. The van der Waals surface area contributed by atoms with Crippen molar-refractivity contribution in [3.63, 3.8) is 0 Å². The van der Waals surface area contributed by atoms with Crippen LogP contribution in [0.1, 0.15) is 5.56 Å². The average Bonchev–Trinajstić information content (AvgIpc) is 2.38. The molecule has 0 bridgehead atoms. The maximum atomic E-state index is 11.8. The first-order chi connectivity index (χ1) is 8.65. The van der Waals surface area contributed by atoms with Crippen molar-refractivity contribution in [1.29, 1.82) is 0 Å². The van der Waals surface area contributed by atoms with E-state index in [1.807, 2.05) is 12.1 Å². The van der Waals surface area contributed by atoms with Gasteiger partial charge < -0.3 is 10.2 Å². The van der Waals surface area contributed by atoms with Gasteiger partial charge in [0.1, 0.15) is 0 Å². The van der Waals surface area contributed by atoms with Gasteiger partial charge in [0.2, 0.25) is 11.8 Å². The molecular weight excluding hydrogens is 252 g/mol. The van der Waals surface area contributed by atoms with Gasteiger partial charge in [0.05, 0.1) is 6.54 Å². The summed E-state index contributed by atoms with van der Waals surface area (Å²) in [6, 6.07) is 7.18. The summed E-state index contributed by atoms with van der Waals surface area (Å²) in [4.78, 5) is 24.5.